The van der Waals surface area contributed by atoms with Gasteiger partial charge in [-0.2, -0.15) is 0 Å². The summed E-state index contributed by atoms with van der Waals surface area (Å²) in [5.74, 6) is 1.42. The third-order valence-corrected chi connectivity index (χ3v) is 3.61. The first-order valence-electron chi connectivity index (χ1n) is 8.57. The Morgan fingerprint density at radius 2 is 1.43 bits per heavy atom. The van der Waals surface area contributed by atoms with Crippen LogP contribution in [0.5, 0.6) is 0 Å². The van der Waals surface area contributed by atoms with Crippen molar-refractivity contribution in [2.24, 2.45) is 0 Å². The predicted molar refractivity (Wildman–Crippen MR) is 99.2 cm³/mol. The van der Waals surface area contributed by atoms with Crippen LogP contribution in [0.4, 0.5) is 5.69 Å². The molecule has 1 nitrogen and oxygen atoms in total. The lowest BCUT2D eigenvalue weighted by Gasteiger charge is -2.08. The molecule has 0 aromatic heterocycles. The molecule has 0 bridgehead atoms. The second-order valence-corrected chi connectivity index (χ2v) is 6.62. The second kappa shape index (κ2) is 10.8. The molecule has 0 saturated heterocycles. The van der Waals surface area contributed by atoms with E-state index in [0.29, 0.717) is 11.6 Å². The number of hydrogen-bond acceptors (Lipinski definition) is 1. The van der Waals surface area contributed by atoms with Crippen LogP contribution in [0, 0.1) is 0 Å². The van der Waals surface area contributed by atoms with Gasteiger partial charge in [0, 0.05) is 12.2 Å². The summed E-state index contributed by atoms with van der Waals surface area (Å²) in [4.78, 5) is 0. The van der Waals surface area contributed by atoms with Crippen LogP contribution in [0.1, 0.15) is 46.1 Å². The average molecular weight is 283 g/mol. The quantitative estimate of drug-likeness (QED) is 0.428. The molecule has 0 aliphatic carbocycles. The van der Waals surface area contributed by atoms with E-state index in [-0.39, 0.29) is 0 Å². The first-order chi connectivity index (χ1) is 10.1. The van der Waals surface area contributed by atoms with Gasteiger partial charge >= 0.3 is 0 Å². The zero-order valence-corrected chi connectivity index (χ0v) is 14.4. The van der Waals surface area contributed by atoms with Crippen LogP contribution in [0.3, 0.4) is 0 Å². The Bertz CT molecular complexity index is 360. The summed E-state index contributed by atoms with van der Waals surface area (Å²) < 4.78 is 0. The molecule has 0 fully saturated rings. The van der Waals surface area contributed by atoms with Gasteiger partial charge in [-0.05, 0) is 30.5 Å². The summed E-state index contributed by atoms with van der Waals surface area (Å²) in [7, 11) is 4.79. The minimum atomic E-state index is 0.706. The largest absolute Gasteiger partial charge is 0.385 e. The van der Waals surface area contributed by atoms with Gasteiger partial charge in [0.25, 0.3) is 0 Å². The average Bonchev–Trinajstić information content (AvgIpc) is 2.44. The first-order valence-corrected chi connectivity index (χ1v) is 8.57. The molecule has 1 aromatic rings. The van der Waals surface area contributed by atoms with E-state index < -0.39 is 0 Å². The SMILES string of the molecule is CC(C)[B]CCCNc1ccc(CCC[B]C(C)C)cc1. The topological polar surface area (TPSA) is 12.0 Å². The third kappa shape index (κ3) is 9.66. The van der Waals surface area contributed by atoms with Crippen molar-refractivity contribution in [3.05, 3.63) is 29.8 Å². The van der Waals surface area contributed by atoms with Gasteiger partial charge < -0.3 is 5.32 Å². The number of hydrogen-bond donors (Lipinski definition) is 1. The van der Waals surface area contributed by atoms with Crippen LogP contribution in [-0.4, -0.2) is 21.1 Å². The maximum absolute atomic E-state index is 3.50. The molecule has 0 aliphatic rings. The van der Waals surface area contributed by atoms with Crippen LogP contribution >= 0.6 is 0 Å². The lowest BCUT2D eigenvalue weighted by Crippen LogP contribution is -2.04. The third-order valence-electron chi connectivity index (χ3n) is 3.61. The van der Waals surface area contributed by atoms with Crippen LogP contribution < -0.4 is 5.32 Å². The molecule has 1 rings (SSSR count). The molecule has 21 heavy (non-hydrogen) atoms. The number of anilines is 1. The Hall–Kier alpha value is -0.850. The molecule has 0 aliphatic heterocycles. The Balaban J connectivity index is 2.15. The van der Waals surface area contributed by atoms with Crippen molar-refractivity contribution in [1.29, 1.82) is 0 Å². The Morgan fingerprint density at radius 1 is 0.857 bits per heavy atom. The van der Waals surface area contributed by atoms with E-state index in [4.69, 9.17) is 0 Å². The van der Waals surface area contributed by atoms with Crippen LogP contribution in [-0.2, 0) is 6.42 Å². The van der Waals surface area contributed by atoms with Crippen molar-refractivity contribution in [2.45, 2.75) is 71.2 Å². The van der Waals surface area contributed by atoms with Gasteiger partial charge in [0.2, 0.25) is 0 Å². The normalized spacial score (nSPS) is 11.0. The molecular weight excluding hydrogens is 252 g/mol. The number of nitrogens with one attached hydrogen (secondary N) is 1. The molecule has 1 N–H and O–H groups in total. The van der Waals surface area contributed by atoms with E-state index in [9.17, 15) is 0 Å². The number of aryl methyl sites for hydroxylation is 1. The summed E-state index contributed by atoms with van der Waals surface area (Å²) in [5, 5.41) is 3.50. The summed E-state index contributed by atoms with van der Waals surface area (Å²) in [6.07, 6.45) is 6.09. The van der Waals surface area contributed by atoms with E-state index in [1.807, 2.05) is 0 Å². The van der Waals surface area contributed by atoms with Crippen LogP contribution in [0.15, 0.2) is 24.3 Å². The van der Waals surface area contributed by atoms with Gasteiger partial charge in [0.05, 0.1) is 0 Å². The molecule has 3 heteroatoms. The zero-order chi connectivity index (χ0) is 15.5. The van der Waals surface area contributed by atoms with Crippen molar-refractivity contribution in [3.8, 4) is 0 Å². The summed E-state index contributed by atoms with van der Waals surface area (Å²) >= 11 is 0. The van der Waals surface area contributed by atoms with Crippen molar-refractivity contribution in [1.82, 2.24) is 0 Å². The fourth-order valence-electron chi connectivity index (χ4n) is 2.33. The Morgan fingerprint density at radius 3 is 2.00 bits per heavy atom. The second-order valence-electron chi connectivity index (χ2n) is 6.62. The number of benzene rings is 1. The fourth-order valence-corrected chi connectivity index (χ4v) is 2.33. The monoisotopic (exact) mass is 283 g/mol. The highest BCUT2D eigenvalue weighted by Gasteiger charge is 1.99. The van der Waals surface area contributed by atoms with Crippen molar-refractivity contribution < 1.29 is 0 Å². The molecule has 114 valence electrons. The van der Waals surface area contributed by atoms with E-state index in [1.54, 1.807) is 0 Å². The number of rotatable bonds is 11. The molecule has 0 saturated carbocycles. The van der Waals surface area contributed by atoms with Crippen molar-refractivity contribution in [3.63, 3.8) is 0 Å². The summed E-state index contributed by atoms with van der Waals surface area (Å²) in [6.45, 7) is 10.0. The summed E-state index contributed by atoms with van der Waals surface area (Å²) in [5.41, 5.74) is 2.70. The molecular formula is C18H31B2N. The smallest absolute Gasteiger partial charge is 0.112 e. The lowest BCUT2D eigenvalue weighted by molar-refractivity contribution is 0.898. The lowest BCUT2D eigenvalue weighted by atomic mass is 9.62. The first kappa shape index (κ1) is 18.2. The molecule has 1 aromatic carbocycles. The molecule has 2 radical (unpaired) electrons. The van der Waals surface area contributed by atoms with E-state index in [0.717, 1.165) is 6.54 Å². The zero-order valence-electron chi connectivity index (χ0n) is 14.4. The predicted octanol–water partition coefficient (Wildman–Crippen LogP) is 5.32. The highest BCUT2D eigenvalue weighted by atomic mass is 14.9. The van der Waals surface area contributed by atoms with E-state index in [2.05, 4.69) is 71.8 Å². The highest BCUT2D eigenvalue weighted by Crippen LogP contribution is 2.13. The van der Waals surface area contributed by atoms with Gasteiger partial charge in [0.1, 0.15) is 14.6 Å². The van der Waals surface area contributed by atoms with Gasteiger partial charge in [-0.25, -0.2) is 0 Å². The highest BCUT2D eigenvalue weighted by molar-refractivity contribution is 6.37. The van der Waals surface area contributed by atoms with Gasteiger partial charge in [0.15, 0.2) is 0 Å². The fraction of sp³-hybridized carbons (Fsp3) is 0.667. The standard InChI is InChI=1S/C18H31B2N/c1-15(2)19-12-5-7-17-8-10-18(11-9-17)21-14-6-13-20-16(3)4/h8-11,15-16,21H,5-7,12-14H2,1-4H3. The maximum atomic E-state index is 3.50. The van der Waals surface area contributed by atoms with Crippen LogP contribution in [0.25, 0.3) is 0 Å². The van der Waals surface area contributed by atoms with Crippen LogP contribution in [0.2, 0.25) is 24.3 Å². The Labute approximate surface area is 133 Å². The molecule has 0 spiro atoms. The molecule has 0 heterocycles. The minimum Gasteiger partial charge on any atom is -0.385 e. The van der Waals surface area contributed by atoms with Crippen molar-refractivity contribution >= 4 is 20.2 Å². The van der Waals surface area contributed by atoms with Gasteiger partial charge in [-0.3, -0.25) is 0 Å². The maximum Gasteiger partial charge on any atom is 0.112 e. The molecule has 0 atom stereocenters. The molecule has 0 unspecified atom stereocenters. The molecule has 0 amide bonds. The van der Waals surface area contributed by atoms with Gasteiger partial charge in [-0.15, -0.1) is 0 Å². The van der Waals surface area contributed by atoms with Crippen molar-refractivity contribution in [2.75, 3.05) is 11.9 Å². The van der Waals surface area contributed by atoms with E-state index >= 15 is 0 Å². The van der Waals surface area contributed by atoms with E-state index in [1.165, 1.54) is 43.2 Å². The van der Waals surface area contributed by atoms with Gasteiger partial charge in [-0.1, -0.05) is 70.5 Å². The summed E-state index contributed by atoms with van der Waals surface area (Å²) in [6, 6.07) is 8.96. The minimum absolute atomic E-state index is 0.706. The Kier molecular flexibility index (Phi) is 9.37.